The van der Waals surface area contributed by atoms with Crippen molar-refractivity contribution in [2.75, 3.05) is 0 Å². The molecule has 0 rings (SSSR count). The molecule has 0 aliphatic heterocycles. The Morgan fingerprint density at radius 3 is 2.27 bits per heavy atom. The molecule has 0 saturated heterocycles. The Labute approximate surface area is 71.7 Å². The predicted octanol–water partition coefficient (Wildman–Crippen LogP) is 4.12. The standard InChI is InChI=1S/C11H21/c1-4-6-7-8-9-10-11(3)5-2/h4,6-10H2,1-3H3. The van der Waals surface area contributed by atoms with Gasteiger partial charge >= 0.3 is 0 Å². The molecular formula is C11H21. The van der Waals surface area contributed by atoms with E-state index in [0.29, 0.717) is 0 Å². The fourth-order valence-electron chi connectivity index (χ4n) is 1.12. The van der Waals surface area contributed by atoms with Crippen LogP contribution >= 0.6 is 0 Å². The first-order valence-electron chi connectivity index (χ1n) is 4.81. The van der Waals surface area contributed by atoms with Gasteiger partial charge in [-0.1, -0.05) is 38.2 Å². The van der Waals surface area contributed by atoms with Crippen LogP contribution in [0.3, 0.4) is 0 Å². The maximum Gasteiger partial charge on any atom is -0.0317 e. The maximum atomic E-state index is 3.17. The van der Waals surface area contributed by atoms with Crippen LogP contribution in [-0.4, -0.2) is 0 Å². The average Bonchev–Trinajstić information content (AvgIpc) is 2.04. The fourth-order valence-corrected chi connectivity index (χ4v) is 1.12. The number of unbranched alkanes of at least 4 members (excludes halogenated alkanes) is 4. The molecule has 0 aromatic carbocycles. The highest BCUT2D eigenvalue weighted by molar-refractivity contribution is 4.89. The summed E-state index contributed by atoms with van der Waals surface area (Å²) in [5, 5.41) is 0. The topological polar surface area (TPSA) is 0 Å². The molecule has 0 heterocycles. The minimum atomic E-state index is 1.25. The largest absolute Gasteiger partial charge is 0.0701 e. The Balaban J connectivity index is 3.02. The van der Waals surface area contributed by atoms with Gasteiger partial charge in [0.1, 0.15) is 0 Å². The van der Waals surface area contributed by atoms with Gasteiger partial charge in [-0.25, -0.2) is 0 Å². The molecule has 0 amide bonds. The highest BCUT2D eigenvalue weighted by Gasteiger charge is 1.90. The van der Waals surface area contributed by atoms with Gasteiger partial charge in [0, 0.05) is 0 Å². The third-order valence-electron chi connectivity index (χ3n) is 2.08. The van der Waals surface area contributed by atoms with Gasteiger partial charge in [0.25, 0.3) is 0 Å². The number of hydrogen-bond donors (Lipinski definition) is 0. The lowest BCUT2D eigenvalue weighted by Gasteiger charge is -1.99. The molecule has 11 heavy (non-hydrogen) atoms. The minimum Gasteiger partial charge on any atom is -0.0701 e. The SMILES string of the molecule is C/[C]=C(/C)CCCCCCC. The number of rotatable bonds is 6. The van der Waals surface area contributed by atoms with E-state index in [0.717, 1.165) is 0 Å². The minimum absolute atomic E-state index is 1.25. The summed E-state index contributed by atoms with van der Waals surface area (Å²) in [5.74, 6) is 0. The van der Waals surface area contributed by atoms with Crippen molar-refractivity contribution >= 4 is 0 Å². The molecule has 1 radical (unpaired) electrons. The van der Waals surface area contributed by atoms with Gasteiger partial charge in [-0.2, -0.15) is 0 Å². The van der Waals surface area contributed by atoms with E-state index in [-0.39, 0.29) is 0 Å². The van der Waals surface area contributed by atoms with Crippen LogP contribution in [0.2, 0.25) is 0 Å². The van der Waals surface area contributed by atoms with E-state index in [9.17, 15) is 0 Å². The van der Waals surface area contributed by atoms with E-state index in [2.05, 4.69) is 19.9 Å². The molecule has 0 unspecified atom stereocenters. The quantitative estimate of drug-likeness (QED) is 0.504. The van der Waals surface area contributed by atoms with Crippen LogP contribution in [0.1, 0.15) is 59.3 Å². The first-order chi connectivity index (χ1) is 5.31. The Bertz CT molecular complexity index is 101. The second-order valence-electron chi connectivity index (χ2n) is 3.19. The van der Waals surface area contributed by atoms with Gasteiger partial charge in [-0.3, -0.25) is 0 Å². The van der Waals surface area contributed by atoms with E-state index < -0.39 is 0 Å². The van der Waals surface area contributed by atoms with Crippen LogP contribution in [0.25, 0.3) is 0 Å². The molecule has 0 N–H and O–H groups in total. The van der Waals surface area contributed by atoms with Gasteiger partial charge < -0.3 is 0 Å². The van der Waals surface area contributed by atoms with Crippen LogP contribution in [0.15, 0.2) is 5.57 Å². The zero-order chi connectivity index (χ0) is 8.53. The van der Waals surface area contributed by atoms with Crippen molar-refractivity contribution in [3.63, 3.8) is 0 Å². The monoisotopic (exact) mass is 153 g/mol. The molecule has 65 valence electrons. The van der Waals surface area contributed by atoms with Gasteiger partial charge in [0.2, 0.25) is 0 Å². The fraction of sp³-hybridized carbons (Fsp3) is 0.818. The molecule has 0 saturated carbocycles. The number of allylic oxidation sites excluding steroid dienone is 2. The predicted molar refractivity (Wildman–Crippen MR) is 51.5 cm³/mol. The third kappa shape index (κ3) is 7.64. The second kappa shape index (κ2) is 7.84. The molecule has 0 spiro atoms. The summed E-state index contributed by atoms with van der Waals surface area (Å²) in [5.41, 5.74) is 1.42. The first kappa shape index (κ1) is 10.7. The van der Waals surface area contributed by atoms with Crippen LogP contribution < -0.4 is 0 Å². The zero-order valence-electron chi connectivity index (χ0n) is 8.24. The van der Waals surface area contributed by atoms with Crippen molar-refractivity contribution in [3.05, 3.63) is 11.6 Å². The second-order valence-corrected chi connectivity index (χ2v) is 3.19. The molecule has 0 heteroatoms. The van der Waals surface area contributed by atoms with Crippen molar-refractivity contribution < 1.29 is 0 Å². The Morgan fingerprint density at radius 1 is 1.09 bits per heavy atom. The molecule has 0 atom stereocenters. The van der Waals surface area contributed by atoms with Crippen LogP contribution in [0.4, 0.5) is 0 Å². The molecule has 0 aliphatic carbocycles. The van der Waals surface area contributed by atoms with E-state index in [1.165, 1.54) is 44.1 Å². The lowest BCUT2D eigenvalue weighted by atomic mass is 10.1. The summed E-state index contributed by atoms with van der Waals surface area (Å²) < 4.78 is 0. The van der Waals surface area contributed by atoms with Gasteiger partial charge in [0.05, 0.1) is 0 Å². The summed E-state index contributed by atoms with van der Waals surface area (Å²) in [6.45, 7) is 6.42. The van der Waals surface area contributed by atoms with E-state index in [1.807, 2.05) is 6.92 Å². The zero-order valence-corrected chi connectivity index (χ0v) is 8.24. The van der Waals surface area contributed by atoms with Crippen molar-refractivity contribution in [2.45, 2.75) is 59.3 Å². The molecule has 0 aliphatic rings. The summed E-state index contributed by atoms with van der Waals surface area (Å²) in [6, 6.07) is 0. The van der Waals surface area contributed by atoms with E-state index in [1.54, 1.807) is 0 Å². The third-order valence-corrected chi connectivity index (χ3v) is 2.08. The summed E-state index contributed by atoms with van der Waals surface area (Å²) in [4.78, 5) is 0. The molecule has 0 fully saturated rings. The maximum absolute atomic E-state index is 3.17. The molecule has 0 nitrogen and oxygen atoms in total. The van der Waals surface area contributed by atoms with Crippen molar-refractivity contribution in [1.29, 1.82) is 0 Å². The highest BCUT2D eigenvalue weighted by Crippen LogP contribution is 2.09. The molecular weight excluding hydrogens is 132 g/mol. The van der Waals surface area contributed by atoms with Crippen molar-refractivity contribution in [2.24, 2.45) is 0 Å². The van der Waals surface area contributed by atoms with E-state index in [4.69, 9.17) is 0 Å². The molecule has 0 aromatic heterocycles. The van der Waals surface area contributed by atoms with Crippen LogP contribution in [0.5, 0.6) is 0 Å². The van der Waals surface area contributed by atoms with Gasteiger partial charge in [-0.15, -0.1) is 0 Å². The average molecular weight is 153 g/mol. The Kier molecular flexibility index (Phi) is 7.66. The Hall–Kier alpha value is -0.260. The summed E-state index contributed by atoms with van der Waals surface area (Å²) >= 11 is 0. The van der Waals surface area contributed by atoms with E-state index >= 15 is 0 Å². The van der Waals surface area contributed by atoms with Crippen LogP contribution in [-0.2, 0) is 0 Å². The summed E-state index contributed by atoms with van der Waals surface area (Å²) in [6.07, 6.45) is 11.3. The molecule has 0 aromatic rings. The lowest BCUT2D eigenvalue weighted by molar-refractivity contribution is 0.630. The van der Waals surface area contributed by atoms with Gasteiger partial charge in [-0.05, 0) is 32.8 Å². The number of hydrogen-bond acceptors (Lipinski definition) is 0. The normalized spacial score (nSPS) is 12.1. The lowest BCUT2D eigenvalue weighted by Crippen LogP contribution is -1.80. The van der Waals surface area contributed by atoms with Crippen LogP contribution in [0, 0.1) is 6.08 Å². The Morgan fingerprint density at radius 2 is 1.73 bits per heavy atom. The smallest absolute Gasteiger partial charge is 0.0317 e. The molecule has 0 bridgehead atoms. The summed E-state index contributed by atoms with van der Waals surface area (Å²) in [7, 11) is 0. The first-order valence-corrected chi connectivity index (χ1v) is 4.81. The van der Waals surface area contributed by atoms with Gasteiger partial charge in [0.15, 0.2) is 0 Å². The highest BCUT2D eigenvalue weighted by atomic mass is 14.0. The van der Waals surface area contributed by atoms with Crippen molar-refractivity contribution in [1.82, 2.24) is 0 Å². The van der Waals surface area contributed by atoms with Crippen molar-refractivity contribution in [3.8, 4) is 0 Å².